The maximum atomic E-state index is 11.9. The van der Waals surface area contributed by atoms with Gasteiger partial charge in [0.2, 0.25) is 0 Å². The zero-order valence-corrected chi connectivity index (χ0v) is 12.7. The molecule has 2 saturated carbocycles. The maximum Gasteiger partial charge on any atom is 0.333 e. The Balaban J connectivity index is 1.54. The van der Waals surface area contributed by atoms with Crippen molar-refractivity contribution in [3.63, 3.8) is 0 Å². The molecule has 23 heavy (non-hydrogen) atoms. The van der Waals surface area contributed by atoms with Crippen LogP contribution >= 0.6 is 0 Å². The van der Waals surface area contributed by atoms with Gasteiger partial charge in [-0.1, -0.05) is 6.58 Å². The van der Waals surface area contributed by atoms with E-state index in [0.717, 1.165) is 0 Å². The molecule has 0 radical (unpaired) electrons. The van der Waals surface area contributed by atoms with Crippen LogP contribution in [0.15, 0.2) is 12.2 Å². The minimum atomic E-state index is -1.05. The Kier molecular flexibility index (Phi) is 3.63. The van der Waals surface area contributed by atoms with Crippen LogP contribution in [0.3, 0.4) is 0 Å². The van der Waals surface area contributed by atoms with E-state index >= 15 is 0 Å². The Morgan fingerprint density at radius 2 is 2.26 bits per heavy atom. The van der Waals surface area contributed by atoms with Gasteiger partial charge in [0.25, 0.3) is 0 Å². The quantitative estimate of drug-likeness (QED) is 0.421. The summed E-state index contributed by atoms with van der Waals surface area (Å²) in [5, 5.41) is 9.30. The predicted molar refractivity (Wildman–Crippen MR) is 74.4 cm³/mol. The Labute approximate surface area is 133 Å². The Hall–Kier alpha value is -2.36. The highest BCUT2D eigenvalue weighted by molar-refractivity contribution is 5.87. The Morgan fingerprint density at radius 3 is 2.91 bits per heavy atom. The van der Waals surface area contributed by atoms with Crippen LogP contribution in [0.5, 0.6) is 0 Å². The molecule has 5 atom stereocenters. The predicted octanol–water partition coefficient (Wildman–Crippen LogP) is 0.883. The van der Waals surface area contributed by atoms with Gasteiger partial charge in [0, 0.05) is 17.4 Å². The fraction of sp³-hybridized carbons (Fsp3) is 0.625. The van der Waals surface area contributed by atoms with Crippen LogP contribution in [0.4, 0.5) is 0 Å². The molecule has 3 fully saturated rings. The van der Waals surface area contributed by atoms with Gasteiger partial charge in [0.15, 0.2) is 5.41 Å². The topological polar surface area (TPSA) is 103 Å². The molecule has 1 aliphatic heterocycles. The van der Waals surface area contributed by atoms with E-state index in [9.17, 15) is 19.6 Å². The minimum absolute atomic E-state index is 0.0296. The maximum absolute atomic E-state index is 11.9. The molecule has 2 bridgehead atoms. The van der Waals surface area contributed by atoms with E-state index < -0.39 is 35.5 Å². The first kappa shape index (κ1) is 15.5. The zero-order valence-electron chi connectivity index (χ0n) is 12.7. The van der Waals surface area contributed by atoms with Gasteiger partial charge in [0.05, 0.1) is 12.5 Å². The van der Waals surface area contributed by atoms with Crippen molar-refractivity contribution in [1.29, 1.82) is 5.26 Å². The lowest BCUT2D eigenvalue weighted by Gasteiger charge is -2.27. The highest BCUT2D eigenvalue weighted by atomic mass is 16.6. The smallest absolute Gasteiger partial charge is 0.333 e. The number of ether oxygens (including phenoxy) is 3. The van der Waals surface area contributed by atoms with Crippen molar-refractivity contribution in [2.24, 2.45) is 17.3 Å². The van der Waals surface area contributed by atoms with E-state index in [2.05, 4.69) is 12.6 Å². The third-order valence-electron chi connectivity index (χ3n) is 4.92. The molecule has 0 N–H and O–H groups in total. The summed E-state index contributed by atoms with van der Waals surface area (Å²) in [6.45, 7) is 4.88. The van der Waals surface area contributed by atoms with E-state index in [1.54, 1.807) is 0 Å². The summed E-state index contributed by atoms with van der Waals surface area (Å²) in [7, 11) is 0. The van der Waals surface area contributed by atoms with Crippen LogP contribution in [0.25, 0.3) is 0 Å². The lowest BCUT2D eigenvalue weighted by Crippen LogP contribution is -2.39. The third kappa shape index (κ3) is 2.29. The minimum Gasteiger partial charge on any atom is -0.462 e. The zero-order chi connectivity index (χ0) is 16.8. The average Bonchev–Trinajstić information content (AvgIpc) is 3.09. The first-order chi connectivity index (χ1) is 10.9. The van der Waals surface area contributed by atoms with E-state index in [1.165, 1.54) is 6.92 Å². The molecular weight excluding hydrogens is 302 g/mol. The summed E-state index contributed by atoms with van der Waals surface area (Å²) in [5.41, 5.74) is -0.785. The molecule has 0 amide bonds. The molecule has 3 rings (SSSR count). The summed E-state index contributed by atoms with van der Waals surface area (Å²) in [4.78, 5) is 35.0. The van der Waals surface area contributed by atoms with Crippen LogP contribution in [0, 0.1) is 28.6 Å². The first-order valence-corrected chi connectivity index (χ1v) is 7.53. The van der Waals surface area contributed by atoms with E-state index in [4.69, 9.17) is 14.2 Å². The molecule has 122 valence electrons. The molecule has 0 spiro atoms. The molecule has 7 heteroatoms. The lowest BCUT2D eigenvalue weighted by molar-refractivity contribution is -0.163. The van der Waals surface area contributed by atoms with Crippen molar-refractivity contribution in [3.8, 4) is 6.07 Å². The number of nitriles is 1. The molecule has 1 heterocycles. The SMILES string of the molecule is C=C(C)C(=O)OCCC(=O)OC1C2CC3C1OC(=O)C3(C#N)C2. The van der Waals surface area contributed by atoms with Crippen molar-refractivity contribution >= 4 is 17.9 Å². The largest absolute Gasteiger partial charge is 0.462 e. The van der Waals surface area contributed by atoms with E-state index in [1.807, 2.05) is 0 Å². The number of carbonyl (C=O) groups excluding carboxylic acids is 3. The summed E-state index contributed by atoms with van der Waals surface area (Å²) in [6.07, 6.45) is -0.0598. The van der Waals surface area contributed by atoms with E-state index in [-0.39, 0.29) is 30.4 Å². The van der Waals surface area contributed by atoms with Gasteiger partial charge in [-0.2, -0.15) is 5.26 Å². The molecule has 7 nitrogen and oxygen atoms in total. The van der Waals surface area contributed by atoms with Gasteiger partial charge < -0.3 is 14.2 Å². The Morgan fingerprint density at radius 1 is 1.52 bits per heavy atom. The van der Waals surface area contributed by atoms with Crippen molar-refractivity contribution in [1.82, 2.24) is 0 Å². The van der Waals surface area contributed by atoms with Crippen molar-refractivity contribution in [2.45, 2.75) is 38.4 Å². The normalized spacial score (nSPS) is 36.3. The second-order valence-corrected chi connectivity index (χ2v) is 6.38. The van der Waals surface area contributed by atoms with Crippen molar-refractivity contribution in [2.75, 3.05) is 6.61 Å². The molecule has 0 aromatic heterocycles. The van der Waals surface area contributed by atoms with Crippen molar-refractivity contribution < 1.29 is 28.6 Å². The monoisotopic (exact) mass is 319 g/mol. The highest BCUT2D eigenvalue weighted by Crippen LogP contribution is 2.62. The highest BCUT2D eigenvalue weighted by Gasteiger charge is 2.72. The molecule has 2 aliphatic carbocycles. The van der Waals surface area contributed by atoms with Crippen LogP contribution in [-0.4, -0.2) is 36.7 Å². The summed E-state index contributed by atoms with van der Waals surface area (Å²) >= 11 is 0. The molecule has 5 unspecified atom stereocenters. The number of fused-ring (bicyclic) bond motifs is 1. The van der Waals surface area contributed by atoms with Gasteiger partial charge in [-0.15, -0.1) is 0 Å². The first-order valence-electron chi connectivity index (χ1n) is 7.53. The second kappa shape index (κ2) is 5.37. The summed E-state index contributed by atoms with van der Waals surface area (Å²) in [6, 6.07) is 2.10. The number of hydrogen-bond acceptors (Lipinski definition) is 7. The van der Waals surface area contributed by atoms with E-state index in [0.29, 0.717) is 12.8 Å². The molecule has 0 aromatic carbocycles. The summed E-state index contributed by atoms with van der Waals surface area (Å²) < 4.78 is 15.5. The number of carbonyl (C=O) groups is 3. The molecule has 1 saturated heterocycles. The average molecular weight is 319 g/mol. The van der Waals surface area contributed by atoms with Gasteiger partial charge in [-0.25, -0.2) is 4.79 Å². The summed E-state index contributed by atoms with van der Waals surface area (Å²) in [5.74, 6) is -1.78. The van der Waals surface area contributed by atoms with Crippen LogP contribution < -0.4 is 0 Å². The van der Waals surface area contributed by atoms with Gasteiger partial charge in [-0.05, 0) is 19.8 Å². The van der Waals surface area contributed by atoms with Gasteiger partial charge in [-0.3, -0.25) is 9.59 Å². The lowest BCUT2D eigenvalue weighted by atomic mass is 9.75. The number of rotatable bonds is 5. The van der Waals surface area contributed by atoms with Crippen molar-refractivity contribution in [3.05, 3.63) is 12.2 Å². The number of hydrogen-bond donors (Lipinski definition) is 0. The van der Waals surface area contributed by atoms with Crippen LogP contribution in [-0.2, 0) is 28.6 Å². The van der Waals surface area contributed by atoms with Gasteiger partial charge >= 0.3 is 17.9 Å². The number of nitrogens with zero attached hydrogens (tertiary/aromatic N) is 1. The van der Waals surface area contributed by atoms with Crippen LogP contribution in [0.1, 0.15) is 26.2 Å². The molecular formula is C16H17NO6. The fourth-order valence-corrected chi connectivity index (χ4v) is 3.85. The second-order valence-electron chi connectivity index (χ2n) is 6.38. The fourth-order valence-electron chi connectivity index (χ4n) is 3.85. The van der Waals surface area contributed by atoms with Gasteiger partial charge in [0.1, 0.15) is 18.8 Å². The third-order valence-corrected chi connectivity index (χ3v) is 4.92. The Bertz CT molecular complexity index is 635. The standard InChI is InChI=1S/C16H17NO6/c1-8(2)14(19)21-4-3-11(18)22-12-9-5-10-13(12)23-15(20)16(10,6-9)7-17/h9-10,12-13H,1,3-6H2,2H3. The molecule has 3 aliphatic rings. The molecule has 0 aromatic rings. The van der Waals surface area contributed by atoms with Crippen LogP contribution in [0.2, 0.25) is 0 Å². The number of esters is 3.